The lowest BCUT2D eigenvalue weighted by Crippen LogP contribution is -2.30. The van der Waals surface area contributed by atoms with Crippen molar-refractivity contribution in [3.63, 3.8) is 0 Å². The monoisotopic (exact) mass is 933 g/mol. The first-order chi connectivity index (χ1) is 32.5. The molecule has 392 valence electrons. The van der Waals surface area contributed by atoms with Crippen molar-refractivity contribution in [1.29, 1.82) is 0 Å². The fraction of sp³-hybridized carbons (Fsp3) is 0.950. The van der Waals surface area contributed by atoms with Gasteiger partial charge >= 0.3 is 17.9 Å². The van der Waals surface area contributed by atoms with Crippen LogP contribution in [-0.2, 0) is 28.6 Å². The van der Waals surface area contributed by atoms with Crippen LogP contribution in [0.1, 0.15) is 348 Å². The third-order valence-corrected chi connectivity index (χ3v) is 13.9. The Balaban J connectivity index is 4.28. The van der Waals surface area contributed by atoms with Gasteiger partial charge in [-0.15, -0.1) is 0 Å². The molecule has 0 heterocycles. The average Bonchev–Trinajstić information content (AvgIpc) is 3.31. The van der Waals surface area contributed by atoms with E-state index in [0.29, 0.717) is 19.3 Å². The third-order valence-electron chi connectivity index (χ3n) is 13.9. The van der Waals surface area contributed by atoms with E-state index >= 15 is 0 Å². The molecule has 0 aliphatic carbocycles. The van der Waals surface area contributed by atoms with E-state index in [4.69, 9.17) is 14.2 Å². The van der Waals surface area contributed by atoms with Gasteiger partial charge in [-0.1, -0.05) is 310 Å². The van der Waals surface area contributed by atoms with Crippen LogP contribution in [0, 0.1) is 0 Å². The highest BCUT2D eigenvalue weighted by atomic mass is 16.6. The summed E-state index contributed by atoms with van der Waals surface area (Å²) in [7, 11) is 0. The van der Waals surface area contributed by atoms with Gasteiger partial charge < -0.3 is 14.2 Å². The molecule has 1 atom stereocenters. The molecule has 0 aliphatic rings. The van der Waals surface area contributed by atoms with E-state index in [1.54, 1.807) is 0 Å². The number of rotatable bonds is 56. The zero-order chi connectivity index (χ0) is 47.9. The van der Waals surface area contributed by atoms with Crippen LogP contribution in [0.5, 0.6) is 0 Å². The van der Waals surface area contributed by atoms with Crippen LogP contribution >= 0.6 is 0 Å². The number of ether oxygens (including phenoxy) is 3. The fourth-order valence-corrected chi connectivity index (χ4v) is 9.33. The van der Waals surface area contributed by atoms with Crippen molar-refractivity contribution in [3.8, 4) is 0 Å². The Morgan fingerprint density at radius 3 is 0.606 bits per heavy atom. The highest BCUT2D eigenvalue weighted by Gasteiger charge is 2.19. The maximum absolute atomic E-state index is 12.9. The summed E-state index contributed by atoms with van der Waals surface area (Å²) in [6, 6.07) is 0. The van der Waals surface area contributed by atoms with E-state index in [1.165, 1.54) is 250 Å². The highest BCUT2D eigenvalue weighted by Crippen LogP contribution is 2.18. The lowest BCUT2D eigenvalue weighted by atomic mass is 10.0. The van der Waals surface area contributed by atoms with Crippen LogP contribution in [0.2, 0.25) is 0 Å². The van der Waals surface area contributed by atoms with Gasteiger partial charge in [0.05, 0.1) is 0 Å². The van der Waals surface area contributed by atoms with Crippen LogP contribution < -0.4 is 0 Å². The maximum atomic E-state index is 12.9. The van der Waals surface area contributed by atoms with E-state index in [-0.39, 0.29) is 31.1 Å². The van der Waals surface area contributed by atoms with Gasteiger partial charge in [-0.25, -0.2) is 0 Å². The molecule has 0 aromatic carbocycles. The SMILES string of the molecule is CCCCCCCCCCCCCCCCCCCC(=O)OC[C@@H](COC(=O)CCCCCCCCCCCCCCCC)OC(=O)CCCCCCCCCCCCCCCCCCC. The third kappa shape index (κ3) is 53.4. The lowest BCUT2D eigenvalue weighted by Gasteiger charge is -2.18. The van der Waals surface area contributed by atoms with Crippen molar-refractivity contribution in [2.75, 3.05) is 13.2 Å². The smallest absolute Gasteiger partial charge is 0.306 e. The second kappa shape index (κ2) is 56.0. The second-order valence-corrected chi connectivity index (χ2v) is 20.6. The first-order valence-corrected chi connectivity index (χ1v) is 30.0. The highest BCUT2D eigenvalue weighted by molar-refractivity contribution is 5.71. The molecule has 0 aromatic rings. The number of hydrogen-bond donors (Lipinski definition) is 0. The van der Waals surface area contributed by atoms with Gasteiger partial charge in [0.2, 0.25) is 0 Å². The van der Waals surface area contributed by atoms with Crippen LogP contribution in [0.3, 0.4) is 0 Å². The number of carbonyl (C=O) groups is 3. The molecule has 0 saturated heterocycles. The van der Waals surface area contributed by atoms with Gasteiger partial charge in [-0.2, -0.15) is 0 Å². The van der Waals surface area contributed by atoms with E-state index in [2.05, 4.69) is 20.8 Å². The largest absolute Gasteiger partial charge is 0.462 e. The van der Waals surface area contributed by atoms with Gasteiger partial charge in [-0.3, -0.25) is 14.4 Å². The predicted octanol–water partition coefficient (Wildman–Crippen LogP) is 19.9. The number of unbranched alkanes of at least 4 members (excludes halogenated alkanes) is 45. The van der Waals surface area contributed by atoms with E-state index < -0.39 is 6.10 Å². The van der Waals surface area contributed by atoms with E-state index in [1.807, 2.05) is 0 Å². The summed E-state index contributed by atoms with van der Waals surface area (Å²) in [6.45, 7) is 6.72. The molecular weight excluding hydrogens is 817 g/mol. The van der Waals surface area contributed by atoms with Crippen molar-refractivity contribution in [2.45, 2.75) is 354 Å². The first-order valence-electron chi connectivity index (χ1n) is 30.0. The molecule has 0 rings (SSSR count). The minimum Gasteiger partial charge on any atom is -0.462 e. The Morgan fingerprint density at radius 2 is 0.409 bits per heavy atom. The Hall–Kier alpha value is -1.59. The molecule has 66 heavy (non-hydrogen) atoms. The van der Waals surface area contributed by atoms with Crippen molar-refractivity contribution >= 4 is 17.9 Å². The van der Waals surface area contributed by atoms with Crippen molar-refractivity contribution in [2.24, 2.45) is 0 Å². The molecule has 0 unspecified atom stereocenters. The lowest BCUT2D eigenvalue weighted by molar-refractivity contribution is -0.167. The van der Waals surface area contributed by atoms with Crippen LogP contribution in [-0.4, -0.2) is 37.2 Å². The molecular formula is C60H116O6. The van der Waals surface area contributed by atoms with Crippen LogP contribution in [0.25, 0.3) is 0 Å². The second-order valence-electron chi connectivity index (χ2n) is 20.6. The minimum atomic E-state index is -0.761. The average molecular weight is 934 g/mol. The number of hydrogen-bond acceptors (Lipinski definition) is 6. The van der Waals surface area contributed by atoms with Crippen molar-refractivity contribution in [3.05, 3.63) is 0 Å². The molecule has 0 fully saturated rings. The number of esters is 3. The van der Waals surface area contributed by atoms with Gasteiger partial charge in [0.25, 0.3) is 0 Å². The zero-order valence-electron chi connectivity index (χ0n) is 45.0. The minimum absolute atomic E-state index is 0.0608. The summed E-state index contributed by atoms with van der Waals surface area (Å²) in [5, 5.41) is 0. The Kier molecular flexibility index (Phi) is 54.7. The molecule has 0 spiro atoms. The first kappa shape index (κ1) is 64.4. The van der Waals surface area contributed by atoms with Crippen molar-refractivity contribution < 1.29 is 28.6 Å². The molecule has 6 heteroatoms. The maximum Gasteiger partial charge on any atom is 0.306 e. The normalized spacial score (nSPS) is 11.9. The molecule has 0 aromatic heterocycles. The molecule has 0 radical (unpaired) electrons. The molecule has 0 aliphatic heterocycles. The molecule has 0 amide bonds. The topological polar surface area (TPSA) is 78.9 Å². The molecule has 0 bridgehead atoms. The zero-order valence-corrected chi connectivity index (χ0v) is 45.0. The van der Waals surface area contributed by atoms with Gasteiger partial charge in [0.15, 0.2) is 6.10 Å². The molecule has 6 nitrogen and oxygen atoms in total. The Labute approximate surface area is 412 Å². The van der Waals surface area contributed by atoms with Crippen LogP contribution in [0.15, 0.2) is 0 Å². The summed E-state index contributed by atoms with van der Waals surface area (Å²) < 4.78 is 16.9. The Morgan fingerprint density at radius 1 is 0.242 bits per heavy atom. The quantitative estimate of drug-likeness (QED) is 0.0343. The van der Waals surface area contributed by atoms with Crippen molar-refractivity contribution in [1.82, 2.24) is 0 Å². The summed E-state index contributed by atoms with van der Waals surface area (Å²) in [5.41, 5.74) is 0. The van der Waals surface area contributed by atoms with Gasteiger partial charge in [0.1, 0.15) is 13.2 Å². The van der Waals surface area contributed by atoms with E-state index in [0.717, 1.165) is 57.8 Å². The Bertz CT molecular complexity index is 982. The molecule has 0 N–H and O–H groups in total. The van der Waals surface area contributed by atoms with E-state index in [9.17, 15) is 14.4 Å². The fourth-order valence-electron chi connectivity index (χ4n) is 9.33. The summed E-state index contributed by atoms with van der Waals surface area (Å²) in [4.78, 5) is 38.2. The summed E-state index contributed by atoms with van der Waals surface area (Å²) in [6.07, 6.45) is 62.3. The van der Waals surface area contributed by atoms with Gasteiger partial charge in [-0.05, 0) is 19.3 Å². The number of carbonyl (C=O) groups excluding carboxylic acids is 3. The van der Waals surface area contributed by atoms with Crippen LogP contribution in [0.4, 0.5) is 0 Å². The van der Waals surface area contributed by atoms with Gasteiger partial charge in [0, 0.05) is 19.3 Å². The summed E-state index contributed by atoms with van der Waals surface area (Å²) in [5.74, 6) is -0.829. The predicted molar refractivity (Wildman–Crippen MR) is 284 cm³/mol. The standard InChI is InChI=1S/C60H116O6/c1-4-7-10-13-16-19-22-25-28-30-32-35-38-41-44-47-50-53-59(62)65-56-57(55-64-58(61)52-49-46-43-40-37-34-27-24-21-18-15-12-9-6-3)66-60(63)54-51-48-45-42-39-36-33-31-29-26-23-20-17-14-11-8-5-2/h57H,4-56H2,1-3H3/t57-/m1/s1. The summed E-state index contributed by atoms with van der Waals surface area (Å²) >= 11 is 0. The molecule has 0 saturated carbocycles.